The third-order valence-electron chi connectivity index (χ3n) is 6.42. The summed E-state index contributed by atoms with van der Waals surface area (Å²) in [7, 11) is -3.51. The summed E-state index contributed by atoms with van der Waals surface area (Å²) < 4.78 is 33.8. The van der Waals surface area contributed by atoms with Gasteiger partial charge in [-0.15, -0.1) is 0 Å². The minimum absolute atomic E-state index is 0.493. The van der Waals surface area contributed by atoms with Gasteiger partial charge in [0, 0.05) is 38.3 Å². The molecule has 0 bridgehead atoms. The van der Waals surface area contributed by atoms with Crippen molar-refractivity contribution in [2.45, 2.75) is 59.9 Å². The van der Waals surface area contributed by atoms with Gasteiger partial charge in [-0.25, -0.2) is 8.42 Å². The van der Waals surface area contributed by atoms with Crippen molar-refractivity contribution < 1.29 is 12.9 Å². The van der Waals surface area contributed by atoms with Crippen LogP contribution >= 0.6 is 0 Å². The predicted octanol–water partition coefficient (Wildman–Crippen LogP) is 3.34. The standard InChI is InChI=1S/C21H31N3O3S/c1-13-14(2)16(4)21(17(5)15(13)3)28(25,26)24-10-8-23(9-11-24)12-20-18(6)22-27-19(20)7/h8-12H2,1-7H3. The van der Waals surface area contributed by atoms with Crippen LogP contribution in [0.2, 0.25) is 0 Å². The van der Waals surface area contributed by atoms with Crippen molar-refractivity contribution in [1.82, 2.24) is 14.4 Å². The highest BCUT2D eigenvalue weighted by Crippen LogP contribution is 2.32. The van der Waals surface area contributed by atoms with E-state index < -0.39 is 10.0 Å². The van der Waals surface area contributed by atoms with Gasteiger partial charge in [-0.1, -0.05) is 5.16 Å². The summed E-state index contributed by atoms with van der Waals surface area (Å²) in [5, 5.41) is 4.01. The fraction of sp³-hybridized carbons (Fsp3) is 0.571. The number of nitrogens with zero attached hydrogens (tertiary/aromatic N) is 3. The second kappa shape index (κ2) is 7.61. The van der Waals surface area contributed by atoms with Crippen molar-refractivity contribution in [1.29, 1.82) is 0 Å². The topological polar surface area (TPSA) is 66.7 Å². The monoisotopic (exact) mass is 405 g/mol. The first-order chi connectivity index (χ1) is 13.1. The van der Waals surface area contributed by atoms with Crippen molar-refractivity contribution in [2.75, 3.05) is 26.2 Å². The first-order valence-electron chi connectivity index (χ1n) is 9.77. The molecule has 1 aliphatic heterocycles. The van der Waals surface area contributed by atoms with Crippen LogP contribution in [0.15, 0.2) is 9.42 Å². The molecular formula is C21H31N3O3S. The van der Waals surface area contributed by atoms with Gasteiger partial charge in [0.15, 0.2) is 0 Å². The maximum atomic E-state index is 13.5. The number of benzene rings is 1. The first-order valence-corrected chi connectivity index (χ1v) is 11.2. The molecular weight excluding hydrogens is 374 g/mol. The SMILES string of the molecule is Cc1noc(C)c1CN1CCN(S(=O)(=O)c2c(C)c(C)c(C)c(C)c2C)CC1. The molecule has 0 radical (unpaired) electrons. The highest BCUT2D eigenvalue weighted by Gasteiger charge is 2.32. The van der Waals surface area contributed by atoms with Crippen LogP contribution in [0.1, 0.15) is 44.8 Å². The third-order valence-corrected chi connectivity index (χ3v) is 8.60. The fourth-order valence-corrected chi connectivity index (χ4v) is 6.04. The maximum Gasteiger partial charge on any atom is 0.243 e. The largest absolute Gasteiger partial charge is 0.361 e. The second-order valence-corrected chi connectivity index (χ2v) is 9.81. The lowest BCUT2D eigenvalue weighted by atomic mass is 9.95. The Bertz CT molecular complexity index is 952. The number of sulfonamides is 1. The molecule has 1 aromatic carbocycles. The molecule has 2 heterocycles. The molecule has 0 N–H and O–H groups in total. The quantitative estimate of drug-likeness (QED) is 0.780. The van der Waals surface area contributed by atoms with Gasteiger partial charge in [0.1, 0.15) is 5.76 Å². The summed E-state index contributed by atoms with van der Waals surface area (Å²) in [5.74, 6) is 0.837. The van der Waals surface area contributed by atoms with Crippen molar-refractivity contribution >= 4 is 10.0 Å². The van der Waals surface area contributed by atoms with Gasteiger partial charge in [-0.3, -0.25) is 4.90 Å². The molecule has 2 aromatic rings. The number of hydrogen-bond acceptors (Lipinski definition) is 5. The van der Waals surface area contributed by atoms with E-state index in [4.69, 9.17) is 4.52 Å². The van der Waals surface area contributed by atoms with Crippen LogP contribution in [-0.4, -0.2) is 49.0 Å². The molecule has 0 aliphatic carbocycles. The Labute approximate surface area is 168 Å². The van der Waals surface area contributed by atoms with Gasteiger partial charge in [0.05, 0.1) is 10.6 Å². The Morgan fingerprint density at radius 3 is 1.79 bits per heavy atom. The Kier molecular flexibility index (Phi) is 5.71. The van der Waals surface area contributed by atoms with Gasteiger partial charge in [0.2, 0.25) is 10.0 Å². The Morgan fingerprint density at radius 1 is 0.821 bits per heavy atom. The smallest absolute Gasteiger partial charge is 0.243 e. The third kappa shape index (κ3) is 3.51. The second-order valence-electron chi connectivity index (χ2n) is 7.94. The lowest BCUT2D eigenvalue weighted by molar-refractivity contribution is 0.180. The summed E-state index contributed by atoms with van der Waals surface area (Å²) in [4.78, 5) is 2.76. The molecule has 1 fully saturated rings. The molecule has 154 valence electrons. The van der Waals surface area contributed by atoms with Gasteiger partial charge in [-0.2, -0.15) is 4.31 Å². The van der Waals surface area contributed by atoms with Crippen LogP contribution in [0.4, 0.5) is 0 Å². The maximum absolute atomic E-state index is 13.5. The summed E-state index contributed by atoms with van der Waals surface area (Å²) in [6.45, 7) is 16.9. The van der Waals surface area contributed by atoms with E-state index in [0.717, 1.165) is 45.8 Å². The number of aromatic nitrogens is 1. The van der Waals surface area contributed by atoms with Crippen LogP contribution < -0.4 is 0 Å². The van der Waals surface area contributed by atoms with Gasteiger partial charge < -0.3 is 4.52 Å². The van der Waals surface area contributed by atoms with E-state index in [2.05, 4.69) is 17.0 Å². The van der Waals surface area contributed by atoms with E-state index >= 15 is 0 Å². The van der Waals surface area contributed by atoms with Gasteiger partial charge in [-0.05, 0) is 76.3 Å². The molecule has 1 aliphatic rings. The fourth-order valence-electron chi connectivity index (χ4n) is 4.06. The van der Waals surface area contributed by atoms with Crippen LogP contribution in [0.3, 0.4) is 0 Å². The molecule has 28 heavy (non-hydrogen) atoms. The van der Waals surface area contributed by atoms with E-state index in [1.165, 1.54) is 5.56 Å². The zero-order valence-corrected chi connectivity index (χ0v) is 18.8. The Morgan fingerprint density at radius 2 is 1.32 bits per heavy atom. The Balaban J connectivity index is 1.81. The summed E-state index contributed by atoms with van der Waals surface area (Å²) in [6.07, 6.45) is 0. The van der Waals surface area contributed by atoms with E-state index in [-0.39, 0.29) is 0 Å². The Hall–Kier alpha value is -1.70. The van der Waals surface area contributed by atoms with Crippen LogP contribution in [0.25, 0.3) is 0 Å². The van der Waals surface area contributed by atoms with Crippen LogP contribution in [0.5, 0.6) is 0 Å². The normalized spacial score (nSPS) is 16.7. The zero-order valence-electron chi connectivity index (χ0n) is 18.0. The van der Waals surface area contributed by atoms with E-state index in [1.807, 2.05) is 41.5 Å². The molecule has 1 aromatic heterocycles. The highest BCUT2D eigenvalue weighted by molar-refractivity contribution is 7.89. The van der Waals surface area contributed by atoms with E-state index in [0.29, 0.717) is 31.1 Å². The number of hydrogen-bond donors (Lipinski definition) is 0. The molecule has 0 unspecified atom stereocenters. The zero-order chi connectivity index (χ0) is 20.8. The molecule has 0 spiro atoms. The number of rotatable bonds is 4. The van der Waals surface area contributed by atoms with Gasteiger partial charge in [0.25, 0.3) is 0 Å². The molecule has 0 atom stereocenters. The lowest BCUT2D eigenvalue weighted by Crippen LogP contribution is -2.48. The summed E-state index contributed by atoms with van der Waals surface area (Å²) >= 11 is 0. The number of piperazine rings is 1. The summed E-state index contributed by atoms with van der Waals surface area (Å²) in [6, 6.07) is 0. The van der Waals surface area contributed by atoms with E-state index in [9.17, 15) is 8.42 Å². The minimum atomic E-state index is -3.51. The first kappa shape index (κ1) is 21.0. The molecule has 7 heteroatoms. The van der Waals surface area contributed by atoms with E-state index in [1.54, 1.807) is 4.31 Å². The predicted molar refractivity (Wildman–Crippen MR) is 110 cm³/mol. The lowest BCUT2D eigenvalue weighted by Gasteiger charge is -2.35. The van der Waals surface area contributed by atoms with Crippen molar-refractivity contribution in [2.24, 2.45) is 0 Å². The van der Waals surface area contributed by atoms with Crippen LogP contribution in [0, 0.1) is 48.5 Å². The number of aryl methyl sites for hydroxylation is 2. The average Bonchev–Trinajstić information content (AvgIpc) is 2.97. The average molecular weight is 406 g/mol. The summed E-state index contributed by atoms with van der Waals surface area (Å²) in [5.41, 5.74) is 7.07. The van der Waals surface area contributed by atoms with Crippen molar-refractivity contribution in [3.63, 3.8) is 0 Å². The molecule has 0 amide bonds. The molecule has 3 rings (SSSR count). The van der Waals surface area contributed by atoms with Gasteiger partial charge >= 0.3 is 0 Å². The highest BCUT2D eigenvalue weighted by atomic mass is 32.2. The minimum Gasteiger partial charge on any atom is -0.361 e. The molecule has 6 nitrogen and oxygen atoms in total. The van der Waals surface area contributed by atoms with Crippen molar-refractivity contribution in [3.05, 3.63) is 44.8 Å². The molecule has 1 saturated heterocycles. The van der Waals surface area contributed by atoms with Crippen LogP contribution in [-0.2, 0) is 16.6 Å². The molecule has 0 saturated carbocycles. The van der Waals surface area contributed by atoms with Crippen molar-refractivity contribution in [3.8, 4) is 0 Å².